The van der Waals surface area contributed by atoms with E-state index in [2.05, 4.69) is 10.6 Å². The van der Waals surface area contributed by atoms with Crippen molar-refractivity contribution in [3.63, 3.8) is 0 Å². The van der Waals surface area contributed by atoms with Gasteiger partial charge in [-0.25, -0.2) is 0 Å². The topological polar surface area (TPSA) is 105 Å². The highest BCUT2D eigenvalue weighted by Crippen LogP contribution is 2.34. The molecule has 1 aliphatic heterocycles. The molecule has 1 heterocycles. The Hall–Kier alpha value is -2.91. The molecule has 2 amide bonds. The maximum atomic E-state index is 12.8. The molecule has 0 radical (unpaired) electrons. The summed E-state index contributed by atoms with van der Waals surface area (Å²) in [7, 11) is -4.00. The minimum absolute atomic E-state index is 0.0287. The second-order valence-corrected chi connectivity index (χ2v) is 8.82. The number of nitrogens with one attached hydrogen (secondary N) is 2. The summed E-state index contributed by atoms with van der Waals surface area (Å²) in [4.78, 5) is 25.3. The molecule has 0 fully saturated rings. The number of fused-ring (bicyclic) bond motifs is 1. The van der Waals surface area contributed by atoms with Crippen LogP contribution in [0.15, 0.2) is 53.4 Å². The van der Waals surface area contributed by atoms with Gasteiger partial charge < -0.3 is 15.5 Å². The lowest BCUT2D eigenvalue weighted by molar-refractivity contribution is -0.122. The number of benzene rings is 2. The molecule has 3 rings (SSSR count). The number of rotatable bonds is 6. The maximum Gasteiger partial charge on any atom is 0.297 e. The molecule has 2 N–H and O–H groups in total. The summed E-state index contributed by atoms with van der Waals surface area (Å²) in [6.07, 6.45) is 0. The highest BCUT2D eigenvalue weighted by Gasteiger charge is 2.38. The number of nitrogens with zero attached hydrogens (tertiary/aromatic N) is 1. The normalized spacial score (nSPS) is 15.4. The van der Waals surface area contributed by atoms with Crippen molar-refractivity contribution in [1.29, 1.82) is 0 Å². The first-order chi connectivity index (χ1) is 13.6. The number of hydrogen-bond donors (Lipinski definition) is 2. The van der Waals surface area contributed by atoms with Crippen LogP contribution in [0.5, 0.6) is 0 Å². The van der Waals surface area contributed by atoms with Crippen molar-refractivity contribution >= 4 is 39.0 Å². The van der Waals surface area contributed by atoms with E-state index in [1.165, 1.54) is 36.1 Å². The van der Waals surface area contributed by atoms with Crippen LogP contribution in [0.3, 0.4) is 0 Å². The Labute approximate surface area is 170 Å². The monoisotopic (exact) mass is 417 g/mol. The second-order valence-electron chi connectivity index (χ2n) is 7.21. The molecule has 0 aromatic heterocycles. The van der Waals surface area contributed by atoms with E-state index in [4.69, 9.17) is 4.18 Å². The lowest BCUT2D eigenvalue weighted by atomic mass is 9.98. The summed E-state index contributed by atoms with van der Waals surface area (Å²) < 4.78 is 30.0. The van der Waals surface area contributed by atoms with Crippen molar-refractivity contribution < 1.29 is 22.2 Å². The number of anilines is 3. The highest BCUT2D eigenvalue weighted by molar-refractivity contribution is 7.86. The van der Waals surface area contributed by atoms with Gasteiger partial charge >= 0.3 is 0 Å². The molecule has 0 unspecified atom stereocenters. The second kappa shape index (κ2) is 7.84. The van der Waals surface area contributed by atoms with Crippen LogP contribution in [0.1, 0.15) is 20.8 Å². The zero-order valence-electron chi connectivity index (χ0n) is 16.4. The SMILES string of the molecule is CC(=O)Nc1ccc(S(=O)(=O)OCCN2C(=O)C(C)(C)Nc3ccccc32)cc1. The highest BCUT2D eigenvalue weighted by atomic mass is 32.2. The summed E-state index contributed by atoms with van der Waals surface area (Å²) in [6, 6.07) is 13.0. The van der Waals surface area contributed by atoms with Gasteiger partial charge in [-0.2, -0.15) is 8.42 Å². The fourth-order valence-corrected chi connectivity index (χ4v) is 3.99. The van der Waals surface area contributed by atoms with Gasteiger partial charge in [-0.1, -0.05) is 12.1 Å². The zero-order chi connectivity index (χ0) is 21.2. The van der Waals surface area contributed by atoms with Gasteiger partial charge in [0.15, 0.2) is 0 Å². The van der Waals surface area contributed by atoms with Crippen molar-refractivity contribution in [2.24, 2.45) is 0 Å². The van der Waals surface area contributed by atoms with Gasteiger partial charge in [0.05, 0.1) is 29.4 Å². The third kappa shape index (κ3) is 4.57. The maximum absolute atomic E-state index is 12.8. The number of amides is 2. The minimum Gasteiger partial charge on any atom is -0.370 e. The Morgan fingerprint density at radius 1 is 1.14 bits per heavy atom. The minimum atomic E-state index is -4.00. The molecule has 0 bridgehead atoms. The Morgan fingerprint density at radius 2 is 1.79 bits per heavy atom. The smallest absolute Gasteiger partial charge is 0.297 e. The van der Waals surface area contributed by atoms with Crippen molar-refractivity contribution in [1.82, 2.24) is 0 Å². The van der Waals surface area contributed by atoms with Gasteiger partial charge in [-0.05, 0) is 50.2 Å². The third-order valence-corrected chi connectivity index (χ3v) is 5.77. The number of carbonyl (C=O) groups excluding carboxylic acids is 2. The number of para-hydroxylation sites is 2. The fraction of sp³-hybridized carbons (Fsp3) is 0.300. The van der Waals surface area contributed by atoms with Crippen molar-refractivity contribution in [3.05, 3.63) is 48.5 Å². The van der Waals surface area contributed by atoms with E-state index in [0.29, 0.717) is 11.4 Å². The Morgan fingerprint density at radius 3 is 2.45 bits per heavy atom. The molecule has 8 nitrogen and oxygen atoms in total. The van der Waals surface area contributed by atoms with Crippen LogP contribution in [0.4, 0.5) is 17.1 Å². The predicted octanol–water partition coefficient (Wildman–Crippen LogP) is 2.59. The van der Waals surface area contributed by atoms with Gasteiger partial charge in [-0.3, -0.25) is 13.8 Å². The average Bonchev–Trinajstić information content (AvgIpc) is 2.64. The van der Waals surface area contributed by atoms with Crippen molar-refractivity contribution in [2.45, 2.75) is 31.2 Å². The molecule has 2 aromatic carbocycles. The van der Waals surface area contributed by atoms with Crippen LogP contribution in [0, 0.1) is 0 Å². The first kappa shape index (κ1) is 20.8. The van der Waals surface area contributed by atoms with Crippen molar-refractivity contribution in [2.75, 3.05) is 28.7 Å². The molecule has 0 atom stereocenters. The first-order valence-electron chi connectivity index (χ1n) is 9.06. The molecule has 2 aromatic rings. The largest absolute Gasteiger partial charge is 0.370 e. The number of carbonyl (C=O) groups is 2. The summed E-state index contributed by atoms with van der Waals surface area (Å²) in [6.45, 7) is 4.81. The molecule has 29 heavy (non-hydrogen) atoms. The van der Waals surface area contributed by atoms with E-state index in [1.54, 1.807) is 19.9 Å². The molecule has 0 aliphatic carbocycles. The molecule has 9 heteroatoms. The van der Waals surface area contributed by atoms with Gasteiger partial charge in [0.1, 0.15) is 5.54 Å². The molecular weight excluding hydrogens is 394 g/mol. The molecular formula is C20H23N3O5S. The van der Waals surface area contributed by atoms with Crippen LogP contribution in [-0.4, -0.2) is 38.9 Å². The average molecular weight is 417 g/mol. The predicted molar refractivity (Wildman–Crippen MR) is 110 cm³/mol. The quantitative estimate of drug-likeness (QED) is 0.700. The summed E-state index contributed by atoms with van der Waals surface area (Å²) in [5.74, 6) is -0.419. The van der Waals surface area contributed by atoms with Gasteiger partial charge in [-0.15, -0.1) is 0 Å². The molecule has 0 saturated heterocycles. The van der Waals surface area contributed by atoms with E-state index >= 15 is 0 Å². The standard InChI is InChI=1S/C20H23N3O5S/c1-14(24)21-15-8-10-16(11-9-15)29(26,27)28-13-12-23-18-7-5-4-6-17(18)22-20(2,3)19(23)25/h4-11,22H,12-13H2,1-3H3,(H,21,24). The zero-order valence-corrected chi connectivity index (χ0v) is 17.2. The first-order valence-corrected chi connectivity index (χ1v) is 10.5. The lowest BCUT2D eigenvalue weighted by Gasteiger charge is -2.39. The fourth-order valence-electron chi connectivity index (χ4n) is 3.09. The summed E-state index contributed by atoms with van der Waals surface area (Å²) >= 11 is 0. The lowest BCUT2D eigenvalue weighted by Crippen LogP contribution is -2.54. The molecule has 0 spiro atoms. The Kier molecular flexibility index (Phi) is 5.63. The van der Waals surface area contributed by atoms with Crippen LogP contribution in [-0.2, 0) is 23.9 Å². The van der Waals surface area contributed by atoms with Gasteiger partial charge in [0.25, 0.3) is 16.0 Å². The molecule has 154 valence electrons. The third-order valence-electron chi connectivity index (χ3n) is 4.44. The van der Waals surface area contributed by atoms with E-state index in [1.807, 2.05) is 18.2 Å². The molecule has 0 saturated carbocycles. The van der Waals surface area contributed by atoms with Crippen LogP contribution in [0.25, 0.3) is 0 Å². The van der Waals surface area contributed by atoms with Crippen LogP contribution >= 0.6 is 0 Å². The van der Waals surface area contributed by atoms with Gasteiger partial charge in [0.2, 0.25) is 5.91 Å². The van der Waals surface area contributed by atoms with E-state index in [0.717, 1.165) is 5.69 Å². The van der Waals surface area contributed by atoms with Crippen molar-refractivity contribution in [3.8, 4) is 0 Å². The van der Waals surface area contributed by atoms with E-state index < -0.39 is 15.7 Å². The van der Waals surface area contributed by atoms with Crippen LogP contribution < -0.4 is 15.5 Å². The van der Waals surface area contributed by atoms with E-state index in [-0.39, 0.29) is 29.9 Å². The van der Waals surface area contributed by atoms with E-state index in [9.17, 15) is 18.0 Å². The van der Waals surface area contributed by atoms with Crippen LogP contribution in [0.2, 0.25) is 0 Å². The van der Waals surface area contributed by atoms with Gasteiger partial charge in [0, 0.05) is 12.6 Å². The number of hydrogen-bond acceptors (Lipinski definition) is 6. The molecule has 1 aliphatic rings. The Bertz CT molecular complexity index is 1030. The summed E-state index contributed by atoms with van der Waals surface area (Å²) in [5, 5.41) is 5.75. The Balaban J connectivity index is 1.70. The summed E-state index contributed by atoms with van der Waals surface area (Å²) in [5.41, 5.74) is 1.15.